The van der Waals surface area contributed by atoms with E-state index in [0.29, 0.717) is 0 Å². The summed E-state index contributed by atoms with van der Waals surface area (Å²) in [4.78, 5) is 10.0. The van der Waals surface area contributed by atoms with Crippen LogP contribution in [0.4, 0.5) is 5.69 Å². The maximum Gasteiger partial charge on any atom is 0.286 e. The van der Waals surface area contributed by atoms with E-state index in [0.717, 1.165) is 12.3 Å². The third-order valence-electron chi connectivity index (χ3n) is 1.90. The van der Waals surface area contributed by atoms with E-state index in [1.165, 1.54) is 12.1 Å². The van der Waals surface area contributed by atoms with Crippen molar-refractivity contribution < 1.29 is 13.3 Å². The highest BCUT2D eigenvalue weighted by Gasteiger charge is 2.17. The Kier molecular flexibility index (Phi) is 4.15. The van der Waals surface area contributed by atoms with Crippen LogP contribution in [0.2, 0.25) is 0 Å². The van der Waals surface area contributed by atoms with Crippen molar-refractivity contribution in [3.8, 4) is 11.8 Å². The average Bonchev–Trinajstić information content (AvgIpc) is 2.24. The average molecular weight is 271 g/mol. The van der Waals surface area contributed by atoms with Gasteiger partial charge < -0.3 is 0 Å². The molecule has 1 aromatic carbocycles. The monoisotopic (exact) mass is 271 g/mol. The first-order valence-electron chi connectivity index (χ1n) is 4.44. The van der Waals surface area contributed by atoms with Gasteiger partial charge in [-0.05, 0) is 12.1 Å². The molecule has 0 unspecified atom stereocenters. The number of thiol groups is 1. The van der Waals surface area contributed by atoms with Crippen LogP contribution in [0.5, 0.6) is 0 Å². The van der Waals surface area contributed by atoms with E-state index in [9.17, 15) is 18.5 Å². The molecule has 0 fully saturated rings. The molecule has 1 rings (SSSR count). The third kappa shape index (κ3) is 3.47. The molecule has 0 aromatic heterocycles. The Bertz CT molecular complexity index is 611. The number of hydrogen-bond donors (Lipinski definition) is 1. The van der Waals surface area contributed by atoms with Gasteiger partial charge >= 0.3 is 0 Å². The van der Waals surface area contributed by atoms with E-state index in [4.69, 9.17) is 0 Å². The van der Waals surface area contributed by atoms with Crippen molar-refractivity contribution in [2.45, 2.75) is 4.90 Å². The lowest BCUT2D eigenvalue weighted by Crippen LogP contribution is -2.00. The van der Waals surface area contributed by atoms with Crippen LogP contribution in [0.25, 0.3) is 0 Å². The molecule has 0 aliphatic heterocycles. The first-order chi connectivity index (χ1) is 7.86. The van der Waals surface area contributed by atoms with Gasteiger partial charge in [-0.25, -0.2) is 8.42 Å². The van der Waals surface area contributed by atoms with E-state index in [-0.39, 0.29) is 21.9 Å². The zero-order valence-electron chi connectivity index (χ0n) is 8.87. The second-order valence-electron chi connectivity index (χ2n) is 3.17. The van der Waals surface area contributed by atoms with Gasteiger partial charge in [-0.1, -0.05) is 11.8 Å². The predicted molar refractivity (Wildman–Crippen MR) is 66.9 cm³/mol. The summed E-state index contributed by atoms with van der Waals surface area (Å²) < 4.78 is 22.5. The number of benzene rings is 1. The van der Waals surface area contributed by atoms with Crippen molar-refractivity contribution in [1.29, 1.82) is 0 Å². The van der Waals surface area contributed by atoms with Gasteiger partial charge in [-0.15, -0.1) is 0 Å². The van der Waals surface area contributed by atoms with Crippen molar-refractivity contribution in [2.24, 2.45) is 0 Å². The van der Waals surface area contributed by atoms with E-state index in [2.05, 4.69) is 24.5 Å². The molecule has 0 saturated carbocycles. The molecule has 0 spiro atoms. The van der Waals surface area contributed by atoms with Gasteiger partial charge in [-0.2, -0.15) is 12.6 Å². The molecule has 17 heavy (non-hydrogen) atoms. The van der Waals surface area contributed by atoms with E-state index < -0.39 is 14.8 Å². The highest BCUT2D eigenvalue weighted by Crippen LogP contribution is 2.22. The summed E-state index contributed by atoms with van der Waals surface area (Å²) in [6, 6.07) is 3.63. The Morgan fingerprint density at radius 2 is 2.12 bits per heavy atom. The van der Waals surface area contributed by atoms with Crippen LogP contribution in [0, 0.1) is 22.0 Å². The second-order valence-corrected chi connectivity index (χ2v) is 5.50. The van der Waals surface area contributed by atoms with Crippen LogP contribution in [0.1, 0.15) is 5.56 Å². The fourth-order valence-corrected chi connectivity index (χ4v) is 1.85. The maximum atomic E-state index is 11.3. The minimum absolute atomic E-state index is 0.0966. The van der Waals surface area contributed by atoms with Gasteiger partial charge in [0, 0.05) is 12.3 Å². The Hall–Kier alpha value is -1.52. The Morgan fingerprint density at radius 1 is 1.47 bits per heavy atom. The number of nitro benzene ring substituents is 1. The Balaban J connectivity index is 3.43. The standard InChI is InChI=1S/C10H9NO4S2/c1-17(14,15)9-5-4-8(3-2-6-16)10(7-9)11(12)13/h4-5,7,16H,6H2,1H3. The van der Waals surface area contributed by atoms with Gasteiger partial charge in [0.25, 0.3) is 5.69 Å². The fraction of sp³-hybridized carbons (Fsp3) is 0.200. The molecule has 5 nitrogen and oxygen atoms in total. The molecular formula is C10H9NO4S2. The third-order valence-corrected chi connectivity index (χ3v) is 3.16. The SMILES string of the molecule is CS(=O)(=O)c1ccc(C#CCS)c([N+](=O)[O-])c1. The van der Waals surface area contributed by atoms with Gasteiger partial charge in [0.2, 0.25) is 0 Å². The summed E-state index contributed by atoms with van der Waals surface area (Å²) in [6.07, 6.45) is 0.991. The minimum Gasteiger partial charge on any atom is -0.258 e. The molecule has 7 heteroatoms. The lowest BCUT2D eigenvalue weighted by Gasteiger charge is -2.00. The summed E-state index contributed by atoms with van der Waals surface area (Å²) in [5.41, 5.74) is -0.140. The first kappa shape index (κ1) is 13.5. The number of nitro groups is 1. The molecule has 90 valence electrons. The van der Waals surface area contributed by atoms with Gasteiger partial charge in [-0.3, -0.25) is 10.1 Å². The largest absolute Gasteiger partial charge is 0.286 e. The molecule has 0 amide bonds. The van der Waals surface area contributed by atoms with Crippen molar-refractivity contribution in [2.75, 3.05) is 12.0 Å². The first-order valence-corrected chi connectivity index (χ1v) is 6.97. The molecular weight excluding hydrogens is 262 g/mol. The molecule has 0 aliphatic rings. The summed E-state index contributed by atoms with van der Waals surface area (Å²) >= 11 is 3.86. The van der Waals surface area contributed by atoms with Gasteiger partial charge in [0.1, 0.15) is 5.56 Å². The molecule has 0 saturated heterocycles. The smallest absolute Gasteiger partial charge is 0.258 e. The summed E-state index contributed by atoms with van der Waals surface area (Å²) in [5.74, 6) is 5.41. The molecule has 0 radical (unpaired) electrons. The van der Waals surface area contributed by atoms with E-state index in [1.807, 2.05) is 0 Å². The molecule has 1 aromatic rings. The van der Waals surface area contributed by atoms with Crippen molar-refractivity contribution >= 4 is 28.2 Å². The lowest BCUT2D eigenvalue weighted by atomic mass is 10.2. The summed E-state index contributed by atoms with van der Waals surface area (Å²) in [6.45, 7) is 0. The number of nitrogens with zero attached hydrogens (tertiary/aromatic N) is 1. The van der Waals surface area contributed by atoms with Crippen LogP contribution in [-0.4, -0.2) is 25.3 Å². The van der Waals surface area contributed by atoms with Gasteiger partial charge in [0.15, 0.2) is 9.84 Å². The van der Waals surface area contributed by atoms with Crippen LogP contribution in [-0.2, 0) is 9.84 Å². The topological polar surface area (TPSA) is 77.3 Å². The van der Waals surface area contributed by atoms with Crippen molar-refractivity contribution in [1.82, 2.24) is 0 Å². The normalized spacial score (nSPS) is 10.5. The fourth-order valence-electron chi connectivity index (χ4n) is 1.13. The maximum absolute atomic E-state index is 11.3. The Morgan fingerprint density at radius 3 is 2.59 bits per heavy atom. The zero-order valence-corrected chi connectivity index (χ0v) is 10.6. The molecule has 0 N–H and O–H groups in total. The second kappa shape index (κ2) is 5.21. The van der Waals surface area contributed by atoms with Crippen LogP contribution < -0.4 is 0 Å². The minimum atomic E-state index is -3.46. The summed E-state index contributed by atoms with van der Waals surface area (Å²) in [7, 11) is -3.46. The molecule has 0 bridgehead atoms. The van der Waals surface area contributed by atoms with Crippen LogP contribution in [0.15, 0.2) is 23.1 Å². The Labute approximate surface area is 104 Å². The quantitative estimate of drug-likeness (QED) is 0.380. The number of hydrogen-bond acceptors (Lipinski definition) is 5. The van der Waals surface area contributed by atoms with Crippen LogP contribution in [0.3, 0.4) is 0 Å². The highest BCUT2D eigenvalue weighted by atomic mass is 32.2. The molecule has 0 aliphatic carbocycles. The van der Waals surface area contributed by atoms with E-state index >= 15 is 0 Å². The van der Waals surface area contributed by atoms with Crippen molar-refractivity contribution in [3.63, 3.8) is 0 Å². The zero-order chi connectivity index (χ0) is 13.1. The van der Waals surface area contributed by atoms with Crippen molar-refractivity contribution in [3.05, 3.63) is 33.9 Å². The van der Waals surface area contributed by atoms with Gasteiger partial charge in [0.05, 0.1) is 15.6 Å². The predicted octanol–water partition coefficient (Wildman–Crippen LogP) is 1.28. The highest BCUT2D eigenvalue weighted by molar-refractivity contribution is 7.90. The molecule has 0 heterocycles. The summed E-state index contributed by atoms with van der Waals surface area (Å²) in [5, 5.41) is 10.8. The van der Waals surface area contributed by atoms with E-state index in [1.54, 1.807) is 0 Å². The number of sulfone groups is 1. The molecule has 0 atom stereocenters. The lowest BCUT2D eigenvalue weighted by molar-refractivity contribution is -0.385. The van der Waals surface area contributed by atoms with Crippen LogP contribution >= 0.6 is 12.6 Å². The number of rotatable bonds is 2.